The fraction of sp³-hybridized carbons (Fsp3) is 0.514. The fourth-order valence-corrected chi connectivity index (χ4v) is 7.33. The van der Waals surface area contributed by atoms with E-state index in [0.29, 0.717) is 76.5 Å². The summed E-state index contributed by atoms with van der Waals surface area (Å²) in [5.41, 5.74) is 5.38. The summed E-state index contributed by atoms with van der Waals surface area (Å²) < 4.78 is 15.5. The Labute approximate surface area is 351 Å². The van der Waals surface area contributed by atoms with E-state index in [-0.39, 0.29) is 12.5 Å². The molecule has 4 aromatic rings. The summed E-state index contributed by atoms with van der Waals surface area (Å²) >= 11 is 2.54. The Morgan fingerprint density at radius 1 is 0.797 bits per heavy atom. The van der Waals surface area contributed by atoms with Crippen LogP contribution in [-0.2, 0) is 9.59 Å². The Morgan fingerprint density at radius 2 is 1.24 bits per heavy atom. The number of nitrogens with two attached hydrogens (primary N) is 1. The molecule has 8 rings (SSSR count). The van der Waals surface area contributed by atoms with E-state index in [1.54, 1.807) is 0 Å². The van der Waals surface area contributed by atoms with Crippen LogP contribution >= 0.6 is 22.7 Å². The number of aromatic nitrogens is 6. The number of piperazine rings is 2. The minimum atomic E-state index is -1.00. The van der Waals surface area contributed by atoms with Crippen LogP contribution in [0.1, 0.15) is 49.6 Å². The molecular weight excluding hydrogens is 800 g/mol. The average molecular weight is 850 g/mol. The molecule has 1 amide bonds. The summed E-state index contributed by atoms with van der Waals surface area (Å²) in [6.07, 6.45) is 13.4. The summed E-state index contributed by atoms with van der Waals surface area (Å²) in [5, 5.41) is 37.1. The third-order valence-electron chi connectivity index (χ3n) is 9.75. The first-order chi connectivity index (χ1) is 29.1. The van der Waals surface area contributed by atoms with Gasteiger partial charge in [-0.25, -0.2) is 29.9 Å². The van der Waals surface area contributed by atoms with E-state index in [1.165, 1.54) is 73.4 Å². The molecule has 6 heterocycles. The van der Waals surface area contributed by atoms with Gasteiger partial charge in [0.15, 0.2) is 10.3 Å². The molecule has 2 aliphatic heterocycles. The Morgan fingerprint density at radius 3 is 1.59 bits per heavy atom. The first-order valence-electron chi connectivity index (χ1n) is 19.8. The second-order valence-corrected chi connectivity index (χ2v) is 15.9. The lowest BCUT2D eigenvalue weighted by Crippen LogP contribution is -2.51. The molecule has 2 saturated carbocycles. The van der Waals surface area contributed by atoms with Crippen LogP contribution in [0.25, 0.3) is 0 Å². The number of nitriles is 2. The molecule has 2 saturated heterocycles. The van der Waals surface area contributed by atoms with Crippen molar-refractivity contribution in [2.45, 2.75) is 50.6 Å². The van der Waals surface area contributed by atoms with Crippen molar-refractivity contribution >= 4 is 68.1 Å². The fourth-order valence-electron chi connectivity index (χ4n) is 6.09. The number of carboxylic acids is 1. The zero-order chi connectivity index (χ0) is 42.7. The number of rotatable bonds is 11. The predicted octanol–water partition coefficient (Wildman–Crippen LogP) is 3.18. The van der Waals surface area contributed by atoms with Crippen molar-refractivity contribution in [2.24, 2.45) is 5.73 Å². The van der Waals surface area contributed by atoms with Crippen LogP contribution in [0, 0.1) is 22.7 Å². The SMILES string of the molecule is N#Cc1cnc(Nc2cc(N3CCN(CC(=O)NC4CCC4)CC3)ncn2)s1.N#Cc1cnc(Nc2cc(N3CCN(CC(=O)O)CC3)ncn2)s1.NC1CCC1.[2H]CF. The lowest BCUT2D eigenvalue weighted by atomic mass is 9.93. The number of nitrogens with one attached hydrogen (secondary N) is 3. The van der Waals surface area contributed by atoms with Crippen molar-refractivity contribution in [1.29, 1.82) is 10.5 Å². The summed E-state index contributed by atoms with van der Waals surface area (Å²) in [4.78, 5) is 57.6. The largest absolute Gasteiger partial charge is 0.480 e. The van der Waals surface area contributed by atoms with Gasteiger partial charge in [-0.05, 0) is 32.1 Å². The predicted molar refractivity (Wildman–Crippen MR) is 224 cm³/mol. The van der Waals surface area contributed by atoms with Crippen molar-refractivity contribution in [1.82, 2.24) is 45.0 Å². The quantitative estimate of drug-likeness (QED) is 0.145. The Kier molecular flexibility index (Phi) is 16.8. The maximum Gasteiger partial charge on any atom is 0.317 e. The zero-order valence-corrected chi connectivity index (χ0v) is 34.2. The van der Waals surface area contributed by atoms with Gasteiger partial charge in [0.2, 0.25) is 5.91 Å². The summed E-state index contributed by atoms with van der Waals surface area (Å²) in [5.74, 6) is 2.19. The number of nitrogens with zero attached hydrogens (tertiary/aromatic N) is 12. The van der Waals surface area contributed by atoms with Crippen molar-refractivity contribution in [2.75, 3.05) is 93.0 Å². The molecule has 22 heteroatoms. The molecule has 0 atom stereocenters. The maximum atomic E-state index is 12.1. The molecule has 59 heavy (non-hydrogen) atoms. The van der Waals surface area contributed by atoms with E-state index in [0.717, 1.165) is 50.7 Å². The molecule has 0 radical (unpaired) electrons. The molecule has 6 N–H and O–H groups in total. The summed E-state index contributed by atoms with van der Waals surface area (Å²) in [6, 6.07) is 8.77. The van der Waals surface area contributed by atoms with E-state index in [9.17, 15) is 14.0 Å². The number of carboxylic acid groups (broad SMARTS) is 1. The lowest BCUT2D eigenvalue weighted by molar-refractivity contribution is -0.138. The Hall–Kier alpha value is -5.65. The maximum absolute atomic E-state index is 12.1. The zero-order valence-electron chi connectivity index (χ0n) is 33.5. The van der Waals surface area contributed by atoms with Crippen molar-refractivity contribution in [3.63, 3.8) is 0 Å². The van der Waals surface area contributed by atoms with Crippen LogP contribution in [0.15, 0.2) is 37.2 Å². The van der Waals surface area contributed by atoms with E-state index in [2.05, 4.69) is 66.6 Å². The van der Waals surface area contributed by atoms with Gasteiger partial charge < -0.3 is 36.6 Å². The second-order valence-electron chi connectivity index (χ2n) is 13.9. The van der Waals surface area contributed by atoms with Gasteiger partial charge in [-0.15, -0.1) is 0 Å². The molecule has 4 fully saturated rings. The number of carbonyl (C=O) groups excluding carboxylic acids is 1. The first kappa shape index (κ1) is 42.9. The van der Waals surface area contributed by atoms with Crippen LogP contribution < -0.4 is 31.5 Å². The number of amides is 1. The highest BCUT2D eigenvalue weighted by Crippen LogP contribution is 2.25. The van der Waals surface area contributed by atoms with Gasteiger partial charge in [0.25, 0.3) is 0 Å². The molecule has 19 nitrogen and oxygen atoms in total. The minimum absolute atomic E-state index is 0.0652. The Balaban J connectivity index is 0.000000194. The number of anilines is 6. The topological polar surface area (TPSA) is 254 Å². The molecule has 314 valence electrons. The van der Waals surface area contributed by atoms with Gasteiger partial charge in [0.1, 0.15) is 57.8 Å². The number of alkyl halides is 1. The smallest absolute Gasteiger partial charge is 0.317 e. The average Bonchev–Trinajstić information content (AvgIpc) is 3.89. The van der Waals surface area contributed by atoms with Gasteiger partial charge >= 0.3 is 5.97 Å². The monoisotopic (exact) mass is 849 g/mol. The van der Waals surface area contributed by atoms with Crippen LogP contribution in [0.3, 0.4) is 0 Å². The van der Waals surface area contributed by atoms with E-state index in [4.69, 9.17) is 22.7 Å². The molecule has 0 aromatic carbocycles. The number of hydrogen-bond acceptors (Lipinski definition) is 19. The molecule has 0 spiro atoms. The number of aliphatic carboxylic acids is 1. The lowest BCUT2D eigenvalue weighted by Gasteiger charge is -2.35. The minimum Gasteiger partial charge on any atom is -0.480 e. The highest BCUT2D eigenvalue weighted by molar-refractivity contribution is 7.16. The van der Waals surface area contributed by atoms with E-state index >= 15 is 0 Å². The van der Waals surface area contributed by atoms with Crippen molar-refractivity contribution < 1.29 is 20.5 Å². The van der Waals surface area contributed by atoms with Crippen LogP contribution in [0.4, 0.5) is 37.9 Å². The molecule has 2 aliphatic carbocycles. The normalized spacial score (nSPS) is 17.0. The standard InChI is InChI=1S/C18H22N8OS.C14H15N7O2S.C4H9N.CH3F/c19-9-14-10-20-18(28-14)24-15-8-16(22-12-21-15)26-6-4-25(5-7-26)11-17(27)23-13-2-1-3-13;15-6-10-7-16-14(24-10)19-11-5-12(18-9-17-11)21-3-1-20(2-4-21)8-13(22)23;5-4-2-1-3-4;1-2/h8,10,12-13H,1-7,11H2,(H,23,27)(H,20,21,22,24);5,7,9H,1-4,8H2,(H,22,23)(H,16,17,18,19);4H,1-3,5H2;1H3/i;;;1D. The number of halogens is 1. The first-order valence-corrected chi connectivity index (χ1v) is 20.7. The Bertz CT molecular complexity index is 2040. The van der Waals surface area contributed by atoms with Gasteiger partial charge in [-0.2, -0.15) is 10.5 Å². The summed E-state index contributed by atoms with van der Waals surface area (Å²) in [6.45, 7) is 6.56. The summed E-state index contributed by atoms with van der Waals surface area (Å²) in [7, 11) is -1.00. The second kappa shape index (κ2) is 23.1. The molecule has 0 unspecified atom stereocenters. The number of thiazole rings is 2. The molecule has 0 bridgehead atoms. The molecule has 4 aliphatic rings. The van der Waals surface area contributed by atoms with Gasteiger partial charge in [-0.1, -0.05) is 29.1 Å². The van der Waals surface area contributed by atoms with Gasteiger partial charge in [-0.3, -0.25) is 23.8 Å². The highest BCUT2D eigenvalue weighted by atomic mass is 32.1. The third kappa shape index (κ3) is 14.3. The van der Waals surface area contributed by atoms with Gasteiger partial charge in [0.05, 0.1) is 34.0 Å². The van der Waals surface area contributed by atoms with Crippen molar-refractivity contribution in [3.05, 3.63) is 46.9 Å². The van der Waals surface area contributed by atoms with Gasteiger partial charge in [0, 0.05) is 76.6 Å². The van der Waals surface area contributed by atoms with E-state index < -0.39 is 13.1 Å². The molecule has 4 aromatic heterocycles. The molecular formula is C37H49FN16O3S2. The van der Waals surface area contributed by atoms with Crippen LogP contribution in [0.5, 0.6) is 0 Å². The van der Waals surface area contributed by atoms with Crippen LogP contribution in [0.2, 0.25) is 0 Å². The number of hydrogen-bond donors (Lipinski definition) is 5. The van der Waals surface area contributed by atoms with Crippen molar-refractivity contribution in [3.8, 4) is 12.1 Å². The van der Waals surface area contributed by atoms with E-state index in [1.807, 2.05) is 23.1 Å². The third-order valence-corrected chi connectivity index (χ3v) is 11.4. The van der Waals surface area contributed by atoms with Crippen LogP contribution in [-0.4, -0.2) is 141 Å². The number of carbonyl (C=O) groups is 2. The highest BCUT2D eigenvalue weighted by Gasteiger charge is 2.24.